The van der Waals surface area contributed by atoms with Crippen LogP contribution in [0.1, 0.15) is 37.5 Å². The van der Waals surface area contributed by atoms with Crippen LogP contribution >= 0.6 is 0 Å². The summed E-state index contributed by atoms with van der Waals surface area (Å²) in [5.41, 5.74) is 1.01. The first-order valence-corrected chi connectivity index (χ1v) is 5.53. The van der Waals surface area contributed by atoms with Crippen LogP contribution in [-0.2, 0) is 19.0 Å². The van der Waals surface area contributed by atoms with Gasteiger partial charge in [0.05, 0.1) is 5.56 Å². The molecule has 0 bridgehead atoms. The molecule has 0 nitrogen and oxygen atoms in total. The summed E-state index contributed by atoms with van der Waals surface area (Å²) in [6, 6.07) is 4.37. The first-order chi connectivity index (χ1) is 7.32. The highest BCUT2D eigenvalue weighted by molar-refractivity contribution is 5.32. The second-order valence-corrected chi connectivity index (χ2v) is 4.49. The molecule has 0 fully saturated rings. The molecule has 0 saturated heterocycles. The van der Waals surface area contributed by atoms with Crippen molar-refractivity contribution < 1.29 is 13.2 Å². The molecule has 0 aromatic heterocycles. The van der Waals surface area contributed by atoms with Crippen molar-refractivity contribution in [3.05, 3.63) is 34.9 Å². The summed E-state index contributed by atoms with van der Waals surface area (Å²) in [5.74, 6) is 0.369. The number of rotatable bonds is 3. The SMILES string of the molecule is CCc1cc(CC(C)C)cc(C(F)(F)F)c1. The Hall–Kier alpha value is -0.990. The molecule has 1 aromatic carbocycles. The fourth-order valence-corrected chi connectivity index (χ4v) is 1.72. The molecule has 0 aliphatic carbocycles. The molecule has 0 atom stereocenters. The Morgan fingerprint density at radius 1 is 1.06 bits per heavy atom. The minimum absolute atomic E-state index is 0.369. The third kappa shape index (κ3) is 3.54. The number of hydrogen-bond acceptors (Lipinski definition) is 0. The molecule has 0 unspecified atom stereocenters. The predicted octanol–water partition coefficient (Wildman–Crippen LogP) is 4.47. The zero-order chi connectivity index (χ0) is 12.3. The van der Waals surface area contributed by atoms with Gasteiger partial charge in [-0.1, -0.05) is 26.8 Å². The fraction of sp³-hybridized carbons (Fsp3) is 0.538. The minimum Gasteiger partial charge on any atom is -0.166 e. The molecule has 0 amide bonds. The van der Waals surface area contributed by atoms with E-state index in [0.29, 0.717) is 18.8 Å². The average Bonchev–Trinajstić information content (AvgIpc) is 2.14. The van der Waals surface area contributed by atoms with Gasteiger partial charge in [-0.05, 0) is 42.0 Å². The van der Waals surface area contributed by atoms with Crippen molar-refractivity contribution >= 4 is 0 Å². The predicted molar refractivity (Wildman–Crippen MR) is 59.4 cm³/mol. The maximum absolute atomic E-state index is 12.6. The van der Waals surface area contributed by atoms with Crippen molar-refractivity contribution in [1.29, 1.82) is 0 Å². The summed E-state index contributed by atoms with van der Waals surface area (Å²) in [5, 5.41) is 0. The lowest BCUT2D eigenvalue weighted by Gasteiger charge is -2.12. The number of alkyl halides is 3. The summed E-state index contributed by atoms with van der Waals surface area (Å²) in [6.07, 6.45) is -2.91. The third-order valence-corrected chi connectivity index (χ3v) is 2.43. The fourth-order valence-electron chi connectivity index (χ4n) is 1.72. The lowest BCUT2D eigenvalue weighted by molar-refractivity contribution is -0.137. The molecule has 1 rings (SSSR count). The van der Waals surface area contributed by atoms with Crippen LogP contribution in [0.3, 0.4) is 0 Å². The zero-order valence-electron chi connectivity index (χ0n) is 9.86. The van der Waals surface area contributed by atoms with Gasteiger partial charge in [0.2, 0.25) is 0 Å². The van der Waals surface area contributed by atoms with E-state index in [1.807, 2.05) is 26.8 Å². The summed E-state index contributed by atoms with van der Waals surface area (Å²) in [7, 11) is 0. The molecule has 0 saturated carbocycles. The largest absolute Gasteiger partial charge is 0.416 e. The van der Waals surface area contributed by atoms with Crippen LogP contribution in [0.15, 0.2) is 18.2 Å². The number of aryl methyl sites for hydroxylation is 1. The molecule has 0 spiro atoms. The standard InChI is InChI=1S/C13H17F3/c1-4-10-6-11(5-9(2)3)8-12(7-10)13(14,15)16/h6-9H,4-5H2,1-3H3. The first kappa shape index (κ1) is 13.1. The van der Waals surface area contributed by atoms with E-state index >= 15 is 0 Å². The lowest BCUT2D eigenvalue weighted by Crippen LogP contribution is -2.07. The van der Waals surface area contributed by atoms with Crippen LogP contribution in [0.2, 0.25) is 0 Å². The van der Waals surface area contributed by atoms with E-state index in [1.165, 1.54) is 12.1 Å². The highest BCUT2D eigenvalue weighted by atomic mass is 19.4. The van der Waals surface area contributed by atoms with Crippen LogP contribution in [0, 0.1) is 5.92 Å². The van der Waals surface area contributed by atoms with Crippen molar-refractivity contribution in [3.63, 3.8) is 0 Å². The van der Waals surface area contributed by atoms with E-state index in [2.05, 4.69) is 0 Å². The van der Waals surface area contributed by atoms with Gasteiger partial charge in [-0.3, -0.25) is 0 Å². The van der Waals surface area contributed by atoms with Gasteiger partial charge in [0, 0.05) is 0 Å². The molecule has 1 aromatic rings. The monoisotopic (exact) mass is 230 g/mol. The van der Waals surface area contributed by atoms with Crippen LogP contribution in [0.4, 0.5) is 13.2 Å². The van der Waals surface area contributed by atoms with Crippen LogP contribution in [0.5, 0.6) is 0 Å². The molecule has 0 aliphatic rings. The Morgan fingerprint density at radius 2 is 1.62 bits per heavy atom. The van der Waals surface area contributed by atoms with Crippen LogP contribution < -0.4 is 0 Å². The lowest BCUT2D eigenvalue weighted by atomic mass is 9.97. The second kappa shape index (κ2) is 4.89. The minimum atomic E-state index is -4.24. The van der Waals surface area contributed by atoms with Crippen molar-refractivity contribution in [1.82, 2.24) is 0 Å². The Bertz CT molecular complexity index is 351. The van der Waals surface area contributed by atoms with E-state index in [-0.39, 0.29) is 0 Å². The third-order valence-electron chi connectivity index (χ3n) is 2.43. The van der Waals surface area contributed by atoms with Crippen molar-refractivity contribution in [3.8, 4) is 0 Å². The second-order valence-electron chi connectivity index (χ2n) is 4.49. The number of benzene rings is 1. The highest BCUT2D eigenvalue weighted by Gasteiger charge is 2.30. The van der Waals surface area contributed by atoms with Gasteiger partial charge in [-0.25, -0.2) is 0 Å². The number of hydrogen-bond donors (Lipinski definition) is 0. The zero-order valence-corrected chi connectivity index (χ0v) is 9.86. The van der Waals surface area contributed by atoms with E-state index in [4.69, 9.17) is 0 Å². The van der Waals surface area contributed by atoms with E-state index in [9.17, 15) is 13.2 Å². The van der Waals surface area contributed by atoms with Gasteiger partial charge in [-0.2, -0.15) is 13.2 Å². The summed E-state index contributed by atoms with van der Waals surface area (Å²) < 4.78 is 37.9. The Balaban J connectivity index is 3.11. The highest BCUT2D eigenvalue weighted by Crippen LogP contribution is 2.31. The smallest absolute Gasteiger partial charge is 0.166 e. The molecule has 0 heterocycles. The summed E-state index contributed by atoms with van der Waals surface area (Å²) in [4.78, 5) is 0. The maximum atomic E-state index is 12.6. The Kier molecular flexibility index (Phi) is 4.00. The van der Waals surface area contributed by atoms with Crippen molar-refractivity contribution in [2.24, 2.45) is 5.92 Å². The van der Waals surface area contributed by atoms with Gasteiger partial charge >= 0.3 is 6.18 Å². The van der Waals surface area contributed by atoms with Crippen molar-refractivity contribution in [2.75, 3.05) is 0 Å². The van der Waals surface area contributed by atoms with E-state index in [1.54, 1.807) is 0 Å². The summed E-state index contributed by atoms with van der Waals surface area (Å²) in [6.45, 7) is 5.88. The van der Waals surface area contributed by atoms with E-state index in [0.717, 1.165) is 11.1 Å². The molecule has 3 heteroatoms. The van der Waals surface area contributed by atoms with E-state index < -0.39 is 11.7 Å². The topological polar surface area (TPSA) is 0 Å². The molecular formula is C13H17F3. The molecular weight excluding hydrogens is 213 g/mol. The molecule has 0 radical (unpaired) electrons. The average molecular weight is 230 g/mol. The van der Waals surface area contributed by atoms with Gasteiger partial charge in [0.1, 0.15) is 0 Å². The molecule has 16 heavy (non-hydrogen) atoms. The van der Waals surface area contributed by atoms with Crippen LogP contribution in [-0.4, -0.2) is 0 Å². The van der Waals surface area contributed by atoms with Gasteiger partial charge in [-0.15, -0.1) is 0 Å². The van der Waals surface area contributed by atoms with Gasteiger partial charge < -0.3 is 0 Å². The normalized spacial score (nSPS) is 12.2. The van der Waals surface area contributed by atoms with Gasteiger partial charge in [0.25, 0.3) is 0 Å². The number of halogens is 3. The maximum Gasteiger partial charge on any atom is 0.416 e. The van der Waals surface area contributed by atoms with Crippen LogP contribution in [0.25, 0.3) is 0 Å². The molecule has 90 valence electrons. The first-order valence-electron chi connectivity index (χ1n) is 5.53. The summed E-state index contributed by atoms with van der Waals surface area (Å²) >= 11 is 0. The quantitative estimate of drug-likeness (QED) is 0.718. The van der Waals surface area contributed by atoms with Gasteiger partial charge in [0.15, 0.2) is 0 Å². The molecule has 0 N–H and O–H groups in total. The Labute approximate surface area is 94.5 Å². The Morgan fingerprint density at radius 3 is 2.06 bits per heavy atom. The molecule has 0 aliphatic heterocycles. The van der Waals surface area contributed by atoms with Crippen molar-refractivity contribution in [2.45, 2.75) is 39.8 Å².